The van der Waals surface area contributed by atoms with E-state index in [1.165, 1.54) is 18.3 Å². The highest BCUT2D eigenvalue weighted by atomic mass is 19.1. The molecule has 0 radical (unpaired) electrons. The number of fused-ring (bicyclic) bond motifs is 1. The van der Waals surface area contributed by atoms with E-state index in [4.69, 9.17) is 5.73 Å². The second-order valence-corrected chi connectivity index (χ2v) is 6.94. The Labute approximate surface area is 143 Å². The monoisotopic (exact) mass is 339 g/mol. The molecule has 0 spiro atoms. The molecular formula is C19H18FN3O2. The smallest absolute Gasteiger partial charge is 0.268 e. The van der Waals surface area contributed by atoms with Crippen LogP contribution in [0, 0.1) is 5.82 Å². The van der Waals surface area contributed by atoms with Gasteiger partial charge in [0.25, 0.3) is 5.91 Å². The number of aromatic nitrogens is 2. The molecule has 0 atom stereocenters. The molecule has 2 aromatic heterocycles. The van der Waals surface area contributed by atoms with Crippen molar-refractivity contribution in [1.82, 2.24) is 9.97 Å². The van der Waals surface area contributed by atoms with Crippen molar-refractivity contribution in [2.75, 3.05) is 0 Å². The molecule has 1 amide bonds. The fourth-order valence-electron chi connectivity index (χ4n) is 2.73. The molecule has 0 unspecified atom stereocenters. The standard InChI is InChI=1S/C19H18FN3O2/c1-19(2,3)10-4-5-11(12(20)8-10)14-9-15(24)16-13(23-14)6-7-22-17(16)18(21)25/h4-9H,1-3H3,(H2,21,25)(H,23,24). The Hall–Kier alpha value is -3.02. The van der Waals surface area contributed by atoms with Gasteiger partial charge in [-0.2, -0.15) is 0 Å². The van der Waals surface area contributed by atoms with E-state index in [0.717, 1.165) is 5.56 Å². The lowest BCUT2D eigenvalue weighted by molar-refractivity contribution is 0.0997. The molecule has 5 nitrogen and oxygen atoms in total. The highest BCUT2D eigenvalue weighted by molar-refractivity contribution is 6.03. The van der Waals surface area contributed by atoms with Crippen molar-refractivity contribution in [1.29, 1.82) is 0 Å². The van der Waals surface area contributed by atoms with Gasteiger partial charge in [0.1, 0.15) is 11.5 Å². The van der Waals surface area contributed by atoms with Crippen LogP contribution in [0.5, 0.6) is 0 Å². The molecule has 0 fully saturated rings. The summed E-state index contributed by atoms with van der Waals surface area (Å²) >= 11 is 0. The van der Waals surface area contributed by atoms with E-state index in [0.29, 0.717) is 11.2 Å². The number of benzene rings is 1. The summed E-state index contributed by atoms with van der Waals surface area (Å²) < 4.78 is 14.6. The minimum Gasteiger partial charge on any atom is -0.364 e. The molecule has 3 rings (SSSR count). The maximum atomic E-state index is 14.6. The van der Waals surface area contributed by atoms with E-state index in [9.17, 15) is 14.0 Å². The van der Waals surface area contributed by atoms with Crippen LogP contribution in [-0.4, -0.2) is 15.9 Å². The molecule has 25 heavy (non-hydrogen) atoms. The lowest BCUT2D eigenvalue weighted by Gasteiger charge is -2.19. The van der Waals surface area contributed by atoms with Gasteiger partial charge >= 0.3 is 0 Å². The molecule has 3 aromatic rings. The van der Waals surface area contributed by atoms with Crippen molar-refractivity contribution in [2.45, 2.75) is 26.2 Å². The summed E-state index contributed by atoms with van der Waals surface area (Å²) in [7, 11) is 0. The molecular weight excluding hydrogens is 321 g/mol. The van der Waals surface area contributed by atoms with Gasteiger partial charge in [0.15, 0.2) is 5.43 Å². The van der Waals surface area contributed by atoms with Crippen molar-refractivity contribution in [3.8, 4) is 11.3 Å². The Bertz CT molecular complexity index is 1050. The quantitative estimate of drug-likeness (QED) is 0.752. The van der Waals surface area contributed by atoms with E-state index in [1.807, 2.05) is 26.8 Å². The van der Waals surface area contributed by atoms with Gasteiger partial charge in [-0.15, -0.1) is 0 Å². The Morgan fingerprint density at radius 2 is 1.92 bits per heavy atom. The maximum absolute atomic E-state index is 14.6. The van der Waals surface area contributed by atoms with Crippen molar-refractivity contribution < 1.29 is 9.18 Å². The van der Waals surface area contributed by atoms with Crippen LogP contribution in [0.15, 0.2) is 41.3 Å². The number of halogens is 1. The topological polar surface area (TPSA) is 88.8 Å². The number of amides is 1. The zero-order valence-corrected chi connectivity index (χ0v) is 14.2. The molecule has 2 heterocycles. The number of nitrogens with one attached hydrogen (secondary N) is 1. The van der Waals surface area contributed by atoms with E-state index in [-0.39, 0.29) is 22.1 Å². The summed E-state index contributed by atoms with van der Waals surface area (Å²) in [5.74, 6) is -1.21. The van der Waals surface area contributed by atoms with Gasteiger partial charge in [0.05, 0.1) is 16.6 Å². The van der Waals surface area contributed by atoms with Crippen LogP contribution < -0.4 is 11.2 Å². The number of aromatic amines is 1. The molecule has 6 heteroatoms. The number of rotatable bonds is 2. The highest BCUT2D eigenvalue weighted by Gasteiger charge is 2.18. The minimum atomic E-state index is -0.787. The van der Waals surface area contributed by atoms with Crippen LogP contribution in [-0.2, 0) is 5.41 Å². The van der Waals surface area contributed by atoms with Crippen LogP contribution in [0.2, 0.25) is 0 Å². The lowest BCUT2D eigenvalue weighted by atomic mass is 9.86. The summed E-state index contributed by atoms with van der Waals surface area (Å²) in [5.41, 5.74) is 6.39. The summed E-state index contributed by atoms with van der Waals surface area (Å²) in [4.78, 5) is 30.7. The Kier molecular flexibility index (Phi) is 3.91. The van der Waals surface area contributed by atoms with Crippen molar-refractivity contribution in [3.05, 3.63) is 63.8 Å². The molecule has 0 aliphatic rings. The predicted molar refractivity (Wildman–Crippen MR) is 95.0 cm³/mol. The first-order valence-electron chi connectivity index (χ1n) is 7.81. The highest BCUT2D eigenvalue weighted by Crippen LogP contribution is 2.28. The minimum absolute atomic E-state index is 0.102. The third-order valence-corrected chi connectivity index (χ3v) is 4.10. The van der Waals surface area contributed by atoms with Gasteiger partial charge in [-0.05, 0) is 29.2 Å². The third kappa shape index (κ3) is 3.03. The molecule has 0 bridgehead atoms. The molecule has 128 valence electrons. The molecule has 0 saturated carbocycles. The van der Waals surface area contributed by atoms with Crippen LogP contribution in [0.25, 0.3) is 22.2 Å². The maximum Gasteiger partial charge on any atom is 0.268 e. The number of carbonyl (C=O) groups is 1. The normalized spacial score (nSPS) is 11.7. The SMILES string of the molecule is CC(C)(C)c1ccc(-c2cc(=O)c3c(C(N)=O)nccc3[nH]2)c(F)c1. The number of nitrogens with zero attached hydrogens (tertiary/aromatic N) is 1. The van der Waals surface area contributed by atoms with Crippen LogP contribution >= 0.6 is 0 Å². The van der Waals surface area contributed by atoms with E-state index in [2.05, 4.69) is 9.97 Å². The predicted octanol–water partition coefficient (Wildman–Crippen LogP) is 3.13. The number of primary amides is 1. The number of hydrogen-bond donors (Lipinski definition) is 2. The van der Waals surface area contributed by atoms with Crippen molar-refractivity contribution in [2.24, 2.45) is 5.73 Å². The molecule has 0 aliphatic carbocycles. The van der Waals surface area contributed by atoms with Crippen LogP contribution in [0.1, 0.15) is 36.8 Å². The Morgan fingerprint density at radius 3 is 2.52 bits per heavy atom. The van der Waals surface area contributed by atoms with Gasteiger partial charge < -0.3 is 10.7 Å². The van der Waals surface area contributed by atoms with E-state index in [1.54, 1.807) is 12.1 Å². The first kappa shape index (κ1) is 16.8. The van der Waals surface area contributed by atoms with Crippen LogP contribution in [0.3, 0.4) is 0 Å². The first-order chi connectivity index (χ1) is 11.7. The van der Waals surface area contributed by atoms with Gasteiger partial charge in [-0.3, -0.25) is 14.6 Å². The zero-order valence-electron chi connectivity index (χ0n) is 14.2. The van der Waals surface area contributed by atoms with Gasteiger partial charge in [0, 0.05) is 17.8 Å². The zero-order chi connectivity index (χ0) is 18.4. The fourth-order valence-corrected chi connectivity index (χ4v) is 2.73. The number of pyridine rings is 2. The first-order valence-corrected chi connectivity index (χ1v) is 7.81. The van der Waals surface area contributed by atoms with E-state index < -0.39 is 17.2 Å². The van der Waals surface area contributed by atoms with Crippen molar-refractivity contribution in [3.63, 3.8) is 0 Å². The number of nitrogens with two attached hydrogens (primary N) is 1. The lowest BCUT2D eigenvalue weighted by Crippen LogP contribution is -2.17. The Balaban J connectivity index is 2.21. The average Bonchev–Trinajstić information content (AvgIpc) is 2.53. The van der Waals surface area contributed by atoms with Crippen molar-refractivity contribution >= 4 is 16.8 Å². The van der Waals surface area contributed by atoms with E-state index >= 15 is 0 Å². The molecule has 0 saturated heterocycles. The van der Waals surface area contributed by atoms with Gasteiger partial charge in [-0.1, -0.05) is 26.8 Å². The number of carbonyl (C=O) groups excluding carboxylic acids is 1. The van der Waals surface area contributed by atoms with Gasteiger partial charge in [0.2, 0.25) is 0 Å². The summed E-state index contributed by atoms with van der Waals surface area (Å²) in [6, 6.07) is 7.75. The number of hydrogen-bond acceptors (Lipinski definition) is 3. The second kappa shape index (κ2) is 5.81. The number of H-pyrrole nitrogens is 1. The second-order valence-electron chi connectivity index (χ2n) is 6.94. The molecule has 0 aliphatic heterocycles. The summed E-state index contributed by atoms with van der Waals surface area (Å²) in [6.45, 7) is 5.99. The van der Waals surface area contributed by atoms with Gasteiger partial charge in [-0.25, -0.2) is 4.39 Å². The summed E-state index contributed by atoms with van der Waals surface area (Å²) in [5, 5.41) is 0.102. The Morgan fingerprint density at radius 1 is 1.20 bits per heavy atom. The molecule has 1 aromatic carbocycles. The fraction of sp³-hybridized carbons (Fsp3) is 0.211. The third-order valence-electron chi connectivity index (χ3n) is 4.10. The molecule has 3 N–H and O–H groups in total. The summed E-state index contributed by atoms with van der Waals surface area (Å²) in [6.07, 6.45) is 1.38. The van der Waals surface area contributed by atoms with Crippen LogP contribution in [0.4, 0.5) is 4.39 Å². The average molecular weight is 339 g/mol. The largest absolute Gasteiger partial charge is 0.364 e.